The van der Waals surface area contributed by atoms with Crippen LogP contribution >= 0.6 is 0 Å². The molecule has 0 aromatic rings. The number of carboxylic acid groups (broad SMARTS) is 1. The number of esters is 1. The molecule has 0 radical (unpaired) electrons. The Balaban J connectivity index is 1.50. The van der Waals surface area contributed by atoms with Crippen LogP contribution in [0.1, 0.15) is 0 Å². The lowest BCUT2D eigenvalue weighted by Gasteiger charge is -2.48. The SMILES string of the molecule is COC(=O)C1OC(OC2C(CO)OC(OC3C(O)C(OC4C(CO)OC(OCCN)C(O)C4O)OC(C(=O)O)C3O)C(O)C2O)C(O)C(O)C1O. The second-order valence-corrected chi connectivity index (χ2v) is 12.0. The maximum Gasteiger partial charge on any atom is 0.337 e. The average Bonchev–Trinajstić information content (AvgIpc) is 3.11. The normalized spacial score (nSPS) is 47.9. The van der Waals surface area contributed by atoms with Gasteiger partial charge in [-0.15, -0.1) is 0 Å². The lowest BCUT2D eigenvalue weighted by molar-refractivity contribution is -0.385. The molecular weight excluding hydrogens is 706 g/mol. The van der Waals surface area contributed by atoms with Crippen LogP contribution in [-0.2, 0) is 52.2 Å². The van der Waals surface area contributed by atoms with Crippen molar-refractivity contribution in [2.24, 2.45) is 5.73 Å². The van der Waals surface area contributed by atoms with E-state index in [9.17, 15) is 70.9 Å². The van der Waals surface area contributed by atoms with E-state index in [-0.39, 0.29) is 13.2 Å². The number of nitrogens with two attached hydrogens (primary N) is 1. The van der Waals surface area contributed by atoms with Gasteiger partial charge in [0, 0.05) is 6.54 Å². The summed E-state index contributed by atoms with van der Waals surface area (Å²) >= 11 is 0. The van der Waals surface area contributed by atoms with E-state index >= 15 is 0 Å². The third-order valence-corrected chi connectivity index (χ3v) is 8.70. The van der Waals surface area contributed by atoms with Crippen molar-refractivity contribution in [1.29, 1.82) is 0 Å². The molecule has 20 atom stereocenters. The fourth-order valence-electron chi connectivity index (χ4n) is 5.92. The topological polar surface area (TPSA) is 386 Å². The minimum Gasteiger partial charge on any atom is -0.479 e. The van der Waals surface area contributed by atoms with Crippen LogP contribution in [0.3, 0.4) is 0 Å². The van der Waals surface area contributed by atoms with Crippen LogP contribution in [0.25, 0.3) is 0 Å². The number of carbonyl (C=O) groups excluding carboxylic acids is 1. The van der Waals surface area contributed by atoms with E-state index in [1.165, 1.54) is 0 Å². The summed E-state index contributed by atoms with van der Waals surface area (Å²) in [6, 6.07) is 0. The van der Waals surface area contributed by atoms with Gasteiger partial charge in [0.15, 0.2) is 37.4 Å². The Hall–Kier alpha value is -1.86. The van der Waals surface area contributed by atoms with E-state index in [4.69, 9.17) is 43.6 Å². The Morgan fingerprint density at radius 3 is 1.53 bits per heavy atom. The highest BCUT2D eigenvalue weighted by Gasteiger charge is 2.57. The third-order valence-electron chi connectivity index (χ3n) is 8.70. The molecular formula is C27H45NO23. The number of aliphatic hydroxyl groups excluding tert-OH is 11. The van der Waals surface area contributed by atoms with Crippen LogP contribution in [0.15, 0.2) is 0 Å². The summed E-state index contributed by atoms with van der Waals surface area (Å²) in [6.45, 7) is -1.94. The van der Waals surface area contributed by atoms with Crippen molar-refractivity contribution in [2.45, 2.75) is 123 Å². The summed E-state index contributed by atoms with van der Waals surface area (Å²) in [5.41, 5.74) is 5.37. The fourth-order valence-corrected chi connectivity index (χ4v) is 5.92. The van der Waals surface area contributed by atoms with Crippen molar-refractivity contribution < 1.29 is 113 Å². The first kappa shape index (κ1) is 41.9. The molecule has 0 aromatic carbocycles. The number of carbonyl (C=O) groups is 2. The molecule has 4 aliphatic heterocycles. The Morgan fingerprint density at radius 1 is 0.569 bits per heavy atom. The van der Waals surface area contributed by atoms with Gasteiger partial charge in [-0.3, -0.25) is 0 Å². The molecule has 0 aliphatic carbocycles. The molecule has 296 valence electrons. The van der Waals surface area contributed by atoms with E-state index < -0.39 is 148 Å². The molecule has 20 unspecified atom stereocenters. The Labute approximate surface area is 287 Å². The fraction of sp³-hybridized carbons (Fsp3) is 0.926. The molecule has 0 amide bonds. The average molecular weight is 752 g/mol. The standard InChI is InChI=1S/C27H45NO23/c1-43-23(42)21-9(32)8(31)12(35)26(51-21)47-18-7(5-30)46-25(14(37)11(18)34)49-19-15(38)20(22(40)41)50-27(16(19)39)48-17-6(4-29)45-24(44-3-2-28)13(36)10(17)33/h6-21,24-27,29-39H,2-5,28H2,1H3,(H,40,41). The van der Waals surface area contributed by atoms with Gasteiger partial charge in [-0.25, -0.2) is 9.59 Å². The Morgan fingerprint density at radius 2 is 1.02 bits per heavy atom. The van der Waals surface area contributed by atoms with Crippen LogP contribution in [0.4, 0.5) is 0 Å². The van der Waals surface area contributed by atoms with Crippen LogP contribution in [0.2, 0.25) is 0 Å². The Bertz CT molecular complexity index is 1130. The van der Waals surface area contributed by atoms with Crippen molar-refractivity contribution in [3.05, 3.63) is 0 Å². The van der Waals surface area contributed by atoms with Crippen molar-refractivity contribution in [2.75, 3.05) is 33.5 Å². The molecule has 24 heteroatoms. The van der Waals surface area contributed by atoms with Crippen LogP contribution < -0.4 is 5.73 Å². The first-order chi connectivity index (χ1) is 24.1. The highest BCUT2D eigenvalue weighted by molar-refractivity contribution is 5.75. The molecule has 0 bridgehead atoms. The van der Waals surface area contributed by atoms with Gasteiger partial charge < -0.3 is 110 Å². The van der Waals surface area contributed by atoms with Gasteiger partial charge in [0.1, 0.15) is 85.5 Å². The predicted octanol–water partition coefficient (Wildman–Crippen LogP) is -9.49. The molecule has 0 spiro atoms. The number of hydrogen-bond donors (Lipinski definition) is 13. The number of hydrogen-bond acceptors (Lipinski definition) is 23. The Kier molecular flexibility index (Phi) is 14.8. The van der Waals surface area contributed by atoms with Crippen molar-refractivity contribution in [1.82, 2.24) is 0 Å². The predicted molar refractivity (Wildman–Crippen MR) is 152 cm³/mol. The second kappa shape index (κ2) is 18.0. The summed E-state index contributed by atoms with van der Waals surface area (Å²) in [7, 11) is 0.946. The molecule has 4 aliphatic rings. The zero-order valence-electron chi connectivity index (χ0n) is 26.8. The maximum atomic E-state index is 12.0. The van der Waals surface area contributed by atoms with Gasteiger partial charge in [0.05, 0.1) is 26.9 Å². The summed E-state index contributed by atoms with van der Waals surface area (Å²) in [5.74, 6) is -2.97. The summed E-state index contributed by atoms with van der Waals surface area (Å²) in [5, 5.41) is 125. The lowest BCUT2D eigenvalue weighted by Crippen LogP contribution is -2.68. The largest absolute Gasteiger partial charge is 0.479 e. The minimum atomic E-state index is -2.23. The number of aliphatic carboxylic acids is 1. The highest BCUT2D eigenvalue weighted by atomic mass is 16.8. The van der Waals surface area contributed by atoms with Crippen molar-refractivity contribution in [3.8, 4) is 0 Å². The number of ether oxygens (including phenoxy) is 9. The molecule has 14 N–H and O–H groups in total. The lowest BCUT2D eigenvalue weighted by atomic mass is 9.95. The van der Waals surface area contributed by atoms with Gasteiger partial charge in [-0.05, 0) is 0 Å². The zero-order valence-corrected chi connectivity index (χ0v) is 26.8. The number of rotatable bonds is 13. The maximum absolute atomic E-state index is 12.0. The molecule has 4 fully saturated rings. The van der Waals surface area contributed by atoms with Crippen molar-refractivity contribution >= 4 is 11.9 Å². The van der Waals surface area contributed by atoms with Crippen LogP contribution in [0.5, 0.6) is 0 Å². The highest BCUT2D eigenvalue weighted by Crippen LogP contribution is 2.34. The van der Waals surface area contributed by atoms with E-state index in [0.717, 1.165) is 7.11 Å². The molecule has 0 saturated carbocycles. The van der Waals surface area contributed by atoms with Crippen LogP contribution in [0, 0.1) is 0 Å². The smallest absolute Gasteiger partial charge is 0.337 e. The minimum absolute atomic E-state index is 0.0165. The van der Waals surface area contributed by atoms with Gasteiger partial charge in [-0.2, -0.15) is 0 Å². The van der Waals surface area contributed by atoms with E-state index in [0.29, 0.717) is 0 Å². The van der Waals surface area contributed by atoms with Gasteiger partial charge in [0.25, 0.3) is 0 Å². The summed E-state index contributed by atoms with van der Waals surface area (Å²) < 4.78 is 47.6. The van der Waals surface area contributed by atoms with Gasteiger partial charge in [0.2, 0.25) is 0 Å². The van der Waals surface area contributed by atoms with Crippen LogP contribution in [-0.4, -0.2) is 230 Å². The first-order valence-electron chi connectivity index (χ1n) is 15.7. The molecule has 0 aromatic heterocycles. The number of carboxylic acids is 1. The molecule has 4 rings (SSSR count). The summed E-state index contributed by atoms with van der Waals surface area (Å²) in [6.07, 6.45) is -38.9. The number of methoxy groups -OCH3 is 1. The summed E-state index contributed by atoms with van der Waals surface area (Å²) in [4.78, 5) is 24.0. The third kappa shape index (κ3) is 8.76. The van der Waals surface area contributed by atoms with Gasteiger partial charge in [-0.1, -0.05) is 0 Å². The molecule has 4 saturated heterocycles. The molecule has 4 heterocycles. The molecule has 51 heavy (non-hydrogen) atoms. The monoisotopic (exact) mass is 751 g/mol. The second-order valence-electron chi connectivity index (χ2n) is 12.0. The molecule has 24 nitrogen and oxygen atoms in total. The van der Waals surface area contributed by atoms with E-state index in [1.807, 2.05) is 0 Å². The number of aliphatic hydroxyl groups is 11. The first-order valence-corrected chi connectivity index (χ1v) is 15.7. The van der Waals surface area contributed by atoms with Crippen molar-refractivity contribution in [3.63, 3.8) is 0 Å². The quantitative estimate of drug-likeness (QED) is 0.0777. The van der Waals surface area contributed by atoms with E-state index in [2.05, 4.69) is 4.74 Å². The zero-order chi connectivity index (χ0) is 37.9. The van der Waals surface area contributed by atoms with Gasteiger partial charge >= 0.3 is 11.9 Å². The van der Waals surface area contributed by atoms with E-state index in [1.54, 1.807) is 0 Å².